The lowest BCUT2D eigenvalue weighted by molar-refractivity contribution is 0.233. The minimum atomic E-state index is 0.808. The van der Waals surface area contributed by atoms with Gasteiger partial charge in [-0.1, -0.05) is 19.8 Å². The van der Waals surface area contributed by atoms with E-state index in [1.165, 1.54) is 32.1 Å². The maximum absolute atomic E-state index is 2.55. The van der Waals surface area contributed by atoms with E-state index in [0.29, 0.717) is 0 Å². The average molecular weight is 155 g/mol. The Labute approximate surface area is 70.8 Å². The third-order valence-corrected chi connectivity index (χ3v) is 2.79. The third-order valence-electron chi connectivity index (χ3n) is 2.79. The lowest BCUT2D eigenvalue weighted by Gasteiger charge is -2.24. The van der Waals surface area contributed by atoms with Crippen LogP contribution in [0.2, 0.25) is 0 Å². The van der Waals surface area contributed by atoms with E-state index in [1.807, 2.05) is 0 Å². The molecule has 1 saturated carbocycles. The zero-order valence-electron chi connectivity index (χ0n) is 8.14. The van der Waals surface area contributed by atoms with Gasteiger partial charge in [0.15, 0.2) is 0 Å². The molecule has 0 aromatic heterocycles. The first-order valence-electron chi connectivity index (χ1n) is 4.97. The van der Waals surface area contributed by atoms with Crippen LogP contribution in [0.25, 0.3) is 0 Å². The molecule has 1 fully saturated rings. The molecular weight excluding hydrogens is 134 g/mol. The van der Waals surface area contributed by atoms with Gasteiger partial charge in [-0.25, -0.2) is 0 Å². The Balaban J connectivity index is 2.11. The molecule has 0 amide bonds. The minimum absolute atomic E-state index is 0.808. The van der Waals surface area contributed by atoms with Gasteiger partial charge >= 0.3 is 0 Å². The lowest BCUT2D eigenvalue weighted by Crippen LogP contribution is -2.30. The highest BCUT2D eigenvalue weighted by Gasteiger charge is 2.28. The summed E-state index contributed by atoms with van der Waals surface area (Å²) in [4.78, 5) is 2.55. The van der Waals surface area contributed by atoms with Crippen LogP contribution in [0.3, 0.4) is 0 Å². The van der Waals surface area contributed by atoms with Crippen LogP contribution >= 0.6 is 0 Å². The Morgan fingerprint density at radius 2 is 2.09 bits per heavy atom. The van der Waals surface area contributed by atoms with E-state index in [2.05, 4.69) is 25.8 Å². The highest BCUT2D eigenvalue weighted by molar-refractivity contribution is 4.84. The molecule has 0 bridgehead atoms. The van der Waals surface area contributed by atoms with Gasteiger partial charge in [-0.15, -0.1) is 0 Å². The van der Waals surface area contributed by atoms with E-state index in [-0.39, 0.29) is 0 Å². The fourth-order valence-corrected chi connectivity index (χ4v) is 1.54. The van der Waals surface area contributed by atoms with Gasteiger partial charge in [0.25, 0.3) is 0 Å². The molecule has 0 spiro atoms. The molecule has 1 atom stereocenters. The molecule has 0 unspecified atom stereocenters. The predicted octanol–water partition coefficient (Wildman–Crippen LogP) is 2.66. The molecule has 0 heterocycles. The van der Waals surface area contributed by atoms with Crippen LogP contribution in [-0.4, -0.2) is 24.0 Å². The number of rotatable bonds is 5. The Hall–Kier alpha value is -0.0400. The number of hydrogen-bond acceptors (Lipinski definition) is 1. The van der Waals surface area contributed by atoms with Crippen molar-refractivity contribution < 1.29 is 0 Å². The van der Waals surface area contributed by atoms with Crippen molar-refractivity contribution in [1.29, 1.82) is 0 Å². The molecule has 0 aromatic carbocycles. The summed E-state index contributed by atoms with van der Waals surface area (Å²) in [5, 5.41) is 0. The molecule has 1 nitrogen and oxygen atoms in total. The molecule has 0 N–H and O–H groups in total. The fourth-order valence-electron chi connectivity index (χ4n) is 1.54. The van der Waals surface area contributed by atoms with Crippen molar-refractivity contribution in [2.75, 3.05) is 7.05 Å². The van der Waals surface area contributed by atoms with Gasteiger partial charge in [-0.2, -0.15) is 0 Å². The summed E-state index contributed by atoms with van der Waals surface area (Å²) in [6, 6.07) is 1.74. The normalized spacial score (nSPS) is 20.7. The monoisotopic (exact) mass is 155 g/mol. The molecular formula is C10H21N. The van der Waals surface area contributed by atoms with Gasteiger partial charge in [0.2, 0.25) is 0 Å². The summed E-state index contributed by atoms with van der Waals surface area (Å²) >= 11 is 0. The maximum atomic E-state index is 2.55. The predicted molar refractivity (Wildman–Crippen MR) is 49.8 cm³/mol. The van der Waals surface area contributed by atoms with Crippen LogP contribution in [0, 0.1) is 0 Å². The largest absolute Gasteiger partial charge is 0.301 e. The van der Waals surface area contributed by atoms with Crippen molar-refractivity contribution in [2.24, 2.45) is 0 Å². The average Bonchev–Trinajstić information content (AvgIpc) is 2.81. The topological polar surface area (TPSA) is 3.24 Å². The Bertz CT molecular complexity index is 107. The van der Waals surface area contributed by atoms with Crippen LogP contribution in [0.1, 0.15) is 46.0 Å². The number of unbranched alkanes of at least 4 members (excludes halogenated alkanes) is 1. The van der Waals surface area contributed by atoms with E-state index >= 15 is 0 Å². The second kappa shape index (κ2) is 4.10. The molecule has 1 rings (SSSR count). The SMILES string of the molecule is CCCC[C@@H](C)N(C)C1CC1. The van der Waals surface area contributed by atoms with Crippen LogP contribution in [0.5, 0.6) is 0 Å². The van der Waals surface area contributed by atoms with E-state index in [1.54, 1.807) is 0 Å². The number of nitrogens with zero attached hydrogens (tertiary/aromatic N) is 1. The first-order chi connectivity index (χ1) is 5.25. The smallest absolute Gasteiger partial charge is 0.00961 e. The summed E-state index contributed by atoms with van der Waals surface area (Å²) in [6.07, 6.45) is 6.98. The minimum Gasteiger partial charge on any atom is -0.301 e. The summed E-state index contributed by atoms with van der Waals surface area (Å²) < 4.78 is 0. The van der Waals surface area contributed by atoms with Crippen molar-refractivity contribution in [3.63, 3.8) is 0 Å². The zero-order valence-corrected chi connectivity index (χ0v) is 8.14. The van der Waals surface area contributed by atoms with Gasteiger partial charge in [-0.05, 0) is 33.2 Å². The fraction of sp³-hybridized carbons (Fsp3) is 1.00. The van der Waals surface area contributed by atoms with Crippen molar-refractivity contribution in [3.8, 4) is 0 Å². The summed E-state index contributed by atoms with van der Waals surface area (Å²) in [7, 11) is 2.28. The van der Waals surface area contributed by atoms with Gasteiger partial charge in [0, 0.05) is 12.1 Å². The van der Waals surface area contributed by atoms with Crippen LogP contribution in [0.15, 0.2) is 0 Å². The third kappa shape index (κ3) is 2.82. The Morgan fingerprint density at radius 1 is 1.45 bits per heavy atom. The van der Waals surface area contributed by atoms with Crippen molar-refractivity contribution in [2.45, 2.75) is 58.0 Å². The van der Waals surface area contributed by atoms with Gasteiger partial charge in [-0.3, -0.25) is 0 Å². The van der Waals surface area contributed by atoms with Crippen LogP contribution < -0.4 is 0 Å². The Morgan fingerprint density at radius 3 is 2.55 bits per heavy atom. The molecule has 0 radical (unpaired) electrons. The summed E-state index contributed by atoms with van der Waals surface area (Å²) in [5.74, 6) is 0. The van der Waals surface area contributed by atoms with Crippen LogP contribution in [-0.2, 0) is 0 Å². The highest BCUT2D eigenvalue weighted by atomic mass is 15.2. The van der Waals surface area contributed by atoms with Crippen LogP contribution in [0.4, 0.5) is 0 Å². The van der Waals surface area contributed by atoms with E-state index in [0.717, 1.165) is 12.1 Å². The molecule has 0 saturated heterocycles. The highest BCUT2D eigenvalue weighted by Crippen LogP contribution is 2.27. The van der Waals surface area contributed by atoms with Gasteiger partial charge in [0.05, 0.1) is 0 Å². The van der Waals surface area contributed by atoms with E-state index < -0.39 is 0 Å². The standard InChI is InChI=1S/C10H21N/c1-4-5-6-9(2)11(3)10-7-8-10/h9-10H,4-8H2,1-3H3/t9-/m1/s1. The molecule has 0 aliphatic heterocycles. The summed E-state index contributed by atoms with van der Waals surface area (Å²) in [5.41, 5.74) is 0. The Kier molecular flexibility index (Phi) is 3.38. The van der Waals surface area contributed by atoms with Gasteiger partial charge < -0.3 is 4.90 Å². The first kappa shape index (κ1) is 9.05. The maximum Gasteiger partial charge on any atom is 0.00961 e. The molecule has 1 aliphatic carbocycles. The van der Waals surface area contributed by atoms with Gasteiger partial charge in [0.1, 0.15) is 0 Å². The molecule has 1 aliphatic rings. The number of hydrogen-bond donors (Lipinski definition) is 0. The summed E-state index contributed by atoms with van der Waals surface area (Å²) in [6.45, 7) is 4.62. The first-order valence-corrected chi connectivity index (χ1v) is 4.97. The second-order valence-corrected chi connectivity index (χ2v) is 3.89. The molecule has 66 valence electrons. The van der Waals surface area contributed by atoms with E-state index in [4.69, 9.17) is 0 Å². The molecule has 1 heteroatoms. The quantitative estimate of drug-likeness (QED) is 0.590. The van der Waals surface area contributed by atoms with Crippen molar-refractivity contribution >= 4 is 0 Å². The van der Waals surface area contributed by atoms with Crippen molar-refractivity contribution in [3.05, 3.63) is 0 Å². The van der Waals surface area contributed by atoms with Crippen molar-refractivity contribution in [1.82, 2.24) is 4.90 Å². The lowest BCUT2D eigenvalue weighted by atomic mass is 10.1. The van der Waals surface area contributed by atoms with E-state index in [9.17, 15) is 0 Å². The zero-order chi connectivity index (χ0) is 8.27. The molecule has 0 aromatic rings. The second-order valence-electron chi connectivity index (χ2n) is 3.89. The molecule has 11 heavy (non-hydrogen) atoms.